The van der Waals surface area contributed by atoms with Gasteiger partial charge in [0.2, 0.25) is 0 Å². The zero-order chi connectivity index (χ0) is 14.5. The summed E-state index contributed by atoms with van der Waals surface area (Å²) in [6.07, 6.45) is 2.26. The minimum atomic E-state index is -4.67. The van der Waals surface area contributed by atoms with Crippen LogP contribution in [0.15, 0.2) is 36.4 Å². The van der Waals surface area contributed by atoms with Crippen LogP contribution in [0.1, 0.15) is 25.0 Å². The Kier molecular flexibility index (Phi) is 5.47. The van der Waals surface area contributed by atoms with Crippen molar-refractivity contribution >= 4 is 21.2 Å². The molecule has 0 aliphatic rings. The summed E-state index contributed by atoms with van der Waals surface area (Å²) in [7, 11) is -4.67. The standard InChI is InChI=1S/C14H16.H2O4S/c1-3-11-9-10-12-7-5-6-8-14(12)13(11)4-2;1-5(2,3)4/h5-10H,3-4H2,1-2H3;(H2,1,2,3,4). The molecular formula is C14H18O4S. The van der Waals surface area contributed by atoms with Crippen molar-refractivity contribution in [1.82, 2.24) is 0 Å². The molecule has 0 amide bonds. The third-order valence-electron chi connectivity index (χ3n) is 2.87. The lowest BCUT2D eigenvalue weighted by atomic mass is 9.96. The average Bonchev–Trinajstić information content (AvgIpc) is 2.35. The molecule has 0 aliphatic heterocycles. The second kappa shape index (κ2) is 6.65. The lowest BCUT2D eigenvalue weighted by Crippen LogP contribution is -1.92. The van der Waals surface area contributed by atoms with Crippen LogP contribution in [0.5, 0.6) is 0 Å². The molecule has 19 heavy (non-hydrogen) atoms. The van der Waals surface area contributed by atoms with Crippen molar-refractivity contribution in [2.24, 2.45) is 0 Å². The molecule has 0 bridgehead atoms. The van der Waals surface area contributed by atoms with Crippen molar-refractivity contribution in [2.75, 3.05) is 0 Å². The van der Waals surface area contributed by atoms with Crippen molar-refractivity contribution in [1.29, 1.82) is 0 Å². The zero-order valence-corrected chi connectivity index (χ0v) is 11.8. The van der Waals surface area contributed by atoms with E-state index in [0.717, 1.165) is 12.8 Å². The smallest absolute Gasteiger partial charge is 0.264 e. The van der Waals surface area contributed by atoms with Gasteiger partial charge in [-0.05, 0) is 34.7 Å². The number of hydrogen-bond donors (Lipinski definition) is 2. The number of rotatable bonds is 2. The first-order valence-electron chi connectivity index (χ1n) is 6.06. The molecule has 0 aliphatic carbocycles. The zero-order valence-electron chi connectivity index (χ0n) is 11.0. The Morgan fingerprint density at radius 1 is 0.947 bits per heavy atom. The highest BCUT2D eigenvalue weighted by Gasteiger charge is 2.03. The largest absolute Gasteiger partial charge is 0.394 e. The molecular weight excluding hydrogens is 264 g/mol. The predicted octanol–water partition coefficient (Wildman–Crippen LogP) is 3.31. The van der Waals surface area contributed by atoms with Crippen LogP contribution in [0.2, 0.25) is 0 Å². The van der Waals surface area contributed by atoms with E-state index in [9.17, 15) is 0 Å². The summed E-state index contributed by atoms with van der Waals surface area (Å²) in [4.78, 5) is 0. The van der Waals surface area contributed by atoms with Gasteiger partial charge >= 0.3 is 10.4 Å². The Bertz CT molecular complexity index is 640. The van der Waals surface area contributed by atoms with Gasteiger partial charge in [0, 0.05) is 0 Å². The summed E-state index contributed by atoms with van der Waals surface area (Å²) < 4.78 is 31.6. The Labute approximate surface area is 113 Å². The van der Waals surface area contributed by atoms with Gasteiger partial charge in [0.1, 0.15) is 0 Å². The topological polar surface area (TPSA) is 74.6 Å². The molecule has 0 unspecified atom stereocenters. The monoisotopic (exact) mass is 282 g/mol. The molecule has 0 radical (unpaired) electrons. The van der Waals surface area contributed by atoms with E-state index < -0.39 is 10.4 Å². The van der Waals surface area contributed by atoms with Crippen LogP contribution in [0.25, 0.3) is 10.8 Å². The molecule has 2 aromatic rings. The maximum Gasteiger partial charge on any atom is 0.394 e. The van der Waals surface area contributed by atoms with Crippen LogP contribution in [0, 0.1) is 0 Å². The van der Waals surface area contributed by atoms with Crippen molar-refractivity contribution in [2.45, 2.75) is 26.7 Å². The first kappa shape index (κ1) is 15.6. The first-order valence-corrected chi connectivity index (χ1v) is 7.45. The minimum Gasteiger partial charge on any atom is -0.264 e. The third kappa shape index (κ3) is 4.98. The van der Waals surface area contributed by atoms with Crippen LogP contribution < -0.4 is 0 Å². The third-order valence-corrected chi connectivity index (χ3v) is 2.87. The SMILES string of the molecule is CCc1ccc2ccccc2c1CC.O=S(=O)(O)O. The van der Waals surface area contributed by atoms with Crippen LogP contribution in [-0.2, 0) is 23.2 Å². The Morgan fingerprint density at radius 3 is 2.05 bits per heavy atom. The molecule has 2 N–H and O–H groups in total. The van der Waals surface area contributed by atoms with E-state index >= 15 is 0 Å². The highest BCUT2D eigenvalue weighted by atomic mass is 32.3. The molecule has 2 aromatic carbocycles. The fourth-order valence-electron chi connectivity index (χ4n) is 2.13. The van der Waals surface area contributed by atoms with Gasteiger partial charge in [0.15, 0.2) is 0 Å². The average molecular weight is 282 g/mol. The molecule has 5 heteroatoms. The van der Waals surface area contributed by atoms with Gasteiger partial charge in [-0.25, -0.2) is 0 Å². The lowest BCUT2D eigenvalue weighted by Gasteiger charge is -2.09. The summed E-state index contributed by atoms with van der Waals surface area (Å²) in [5.41, 5.74) is 3.01. The van der Waals surface area contributed by atoms with Crippen molar-refractivity contribution < 1.29 is 17.5 Å². The number of benzene rings is 2. The van der Waals surface area contributed by atoms with E-state index in [2.05, 4.69) is 50.2 Å². The molecule has 0 saturated carbocycles. The van der Waals surface area contributed by atoms with Crippen LogP contribution in [-0.4, -0.2) is 17.5 Å². The Hall–Kier alpha value is -1.43. The molecule has 0 spiro atoms. The molecule has 0 saturated heterocycles. The van der Waals surface area contributed by atoms with Crippen molar-refractivity contribution in [3.8, 4) is 0 Å². The summed E-state index contributed by atoms with van der Waals surface area (Å²) >= 11 is 0. The second-order valence-corrected chi connectivity index (χ2v) is 4.97. The van der Waals surface area contributed by atoms with E-state index in [1.807, 2.05) is 0 Å². The van der Waals surface area contributed by atoms with Gasteiger partial charge in [-0.1, -0.05) is 50.2 Å². The quantitative estimate of drug-likeness (QED) is 0.829. The fraction of sp³-hybridized carbons (Fsp3) is 0.286. The predicted molar refractivity (Wildman–Crippen MR) is 76.9 cm³/mol. The molecule has 0 aromatic heterocycles. The van der Waals surface area contributed by atoms with Crippen molar-refractivity contribution in [3.05, 3.63) is 47.5 Å². The molecule has 0 fully saturated rings. The normalized spacial score (nSPS) is 10.9. The molecule has 4 nitrogen and oxygen atoms in total. The highest BCUT2D eigenvalue weighted by molar-refractivity contribution is 7.79. The first-order chi connectivity index (χ1) is 8.86. The number of aryl methyl sites for hydroxylation is 2. The van der Waals surface area contributed by atoms with E-state index in [1.165, 1.54) is 21.9 Å². The fourth-order valence-corrected chi connectivity index (χ4v) is 2.13. The van der Waals surface area contributed by atoms with Gasteiger partial charge in [-0.2, -0.15) is 8.42 Å². The van der Waals surface area contributed by atoms with Gasteiger partial charge < -0.3 is 0 Å². The molecule has 0 heterocycles. The van der Waals surface area contributed by atoms with Gasteiger partial charge in [-0.3, -0.25) is 9.11 Å². The summed E-state index contributed by atoms with van der Waals surface area (Å²) in [6.45, 7) is 4.46. The summed E-state index contributed by atoms with van der Waals surface area (Å²) in [5.74, 6) is 0. The Morgan fingerprint density at radius 2 is 1.53 bits per heavy atom. The van der Waals surface area contributed by atoms with Gasteiger partial charge in [0.25, 0.3) is 0 Å². The number of fused-ring (bicyclic) bond motifs is 1. The van der Waals surface area contributed by atoms with E-state index in [1.54, 1.807) is 0 Å². The highest BCUT2D eigenvalue weighted by Crippen LogP contribution is 2.23. The maximum absolute atomic E-state index is 8.74. The van der Waals surface area contributed by atoms with E-state index in [4.69, 9.17) is 17.5 Å². The minimum absolute atomic E-state index is 1.13. The van der Waals surface area contributed by atoms with E-state index in [-0.39, 0.29) is 0 Å². The van der Waals surface area contributed by atoms with Crippen LogP contribution in [0.4, 0.5) is 0 Å². The Balaban J connectivity index is 0.000000312. The number of hydrogen-bond acceptors (Lipinski definition) is 2. The molecule has 2 rings (SSSR count). The maximum atomic E-state index is 8.74. The second-order valence-electron chi connectivity index (χ2n) is 4.08. The van der Waals surface area contributed by atoms with E-state index in [0.29, 0.717) is 0 Å². The molecule has 104 valence electrons. The summed E-state index contributed by atoms with van der Waals surface area (Å²) in [6, 6.07) is 13.1. The molecule has 0 atom stereocenters. The van der Waals surface area contributed by atoms with Crippen LogP contribution in [0.3, 0.4) is 0 Å². The van der Waals surface area contributed by atoms with Gasteiger partial charge in [0.05, 0.1) is 0 Å². The van der Waals surface area contributed by atoms with Crippen LogP contribution >= 0.6 is 0 Å². The lowest BCUT2D eigenvalue weighted by molar-refractivity contribution is 0.381. The van der Waals surface area contributed by atoms with Crippen molar-refractivity contribution in [3.63, 3.8) is 0 Å². The van der Waals surface area contributed by atoms with Gasteiger partial charge in [-0.15, -0.1) is 0 Å². The summed E-state index contributed by atoms with van der Waals surface area (Å²) in [5, 5.41) is 2.79.